The number of aryl methyl sites for hydroxylation is 1. The van der Waals surface area contributed by atoms with Crippen LogP contribution in [0, 0.1) is 5.41 Å². The summed E-state index contributed by atoms with van der Waals surface area (Å²) in [5, 5.41) is 9.89. The fourth-order valence-corrected chi connectivity index (χ4v) is 2.68. The number of nitrogens with one attached hydrogen (secondary N) is 2. The van der Waals surface area contributed by atoms with Gasteiger partial charge < -0.3 is 11.1 Å². The highest BCUT2D eigenvalue weighted by Gasteiger charge is 2.35. The summed E-state index contributed by atoms with van der Waals surface area (Å²) in [5.41, 5.74) is 7.97. The third-order valence-corrected chi connectivity index (χ3v) is 4.39. The molecule has 0 bridgehead atoms. The van der Waals surface area contributed by atoms with Crippen LogP contribution in [-0.2, 0) is 6.42 Å². The molecule has 0 unspecified atom stereocenters. The van der Waals surface area contributed by atoms with Gasteiger partial charge in [-0.2, -0.15) is 5.10 Å². The van der Waals surface area contributed by atoms with Crippen LogP contribution >= 0.6 is 0 Å². The molecule has 1 aliphatic rings. The topological polar surface area (TPSA) is 83.8 Å². The van der Waals surface area contributed by atoms with E-state index >= 15 is 0 Å². The summed E-state index contributed by atoms with van der Waals surface area (Å²) >= 11 is 0. The van der Waals surface area contributed by atoms with E-state index in [0.717, 1.165) is 31.5 Å². The van der Waals surface area contributed by atoms with Gasteiger partial charge in [0.25, 0.3) is 5.91 Å². The van der Waals surface area contributed by atoms with Gasteiger partial charge in [-0.25, -0.2) is 0 Å². The number of anilines is 1. The molecule has 0 saturated heterocycles. The zero-order chi connectivity index (χ0) is 13.9. The summed E-state index contributed by atoms with van der Waals surface area (Å²) in [5.74, 6) is -0.157. The molecule has 1 aliphatic carbocycles. The normalized spacial score (nSPS) is 16.9. The van der Waals surface area contributed by atoms with E-state index in [4.69, 9.17) is 5.73 Å². The van der Waals surface area contributed by atoms with Gasteiger partial charge in [0.1, 0.15) is 0 Å². The standard InChI is InChI=1S/C14H24N4O/c1-3-6-10-11(15)12(18-17-10)13(19)16-9-14(4-2)7-5-8-14/h3-9,15H2,1-2H3,(H,16,19)(H,17,18). The van der Waals surface area contributed by atoms with Gasteiger partial charge in [0, 0.05) is 6.54 Å². The Balaban J connectivity index is 1.96. The number of aromatic nitrogens is 2. The van der Waals surface area contributed by atoms with E-state index in [-0.39, 0.29) is 5.91 Å². The van der Waals surface area contributed by atoms with Crippen LogP contribution in [0.3, 0.4) is 0 Å². The van der Waals surface area contributed by atoms with Crippen LogP contribution in [0.25, 0.3) is 0 Å². The number of nitrogens with two attached hydrogens (primary N) is 1. The minimum Gasteiger partial charge on any atom is -0.395 e. The highest BCUT2D eigenvalue weighted by Crippen LogP contribution is 2.43. The molecule has 0 aliphatic heterocycles. The van der Waals surface area contributed by atoms with Crippen molar-refractivity contribution in [3.05, 3.63) is 11.4 Å². The Labute approximate surface area is 114 Å². The summed E-state index contributed by atoms with van der Waals surface area (Å²) in [6, 6.07) is 0. The Morgan fingerprint density at radius 1 is 1.47 bits per heavy atom. The average Bonchev–Trinajstić information content (AvgIpc) is 2.71. The zero-order valence-electron chi connectivity index (χ0n) is 11.9. The number of nitrogens with zero attached hydrogens (tertiary/aromatic N) is 1. The minimum atomic E-state index is -0.157. The molecule has 1 heterocycles. The predicted octanol–water partition coefficient (Wildman–Crippen LogP) is 2.25. The van der Waals surface area contributed by atoms with Gasteiger partial charge in [0.2, 0.25) is 0 Å². The monoisotopic (exact) mass is 264 g/mol. The fourth-order valence-electron chi connectivity index (χ4n) is 2.68. The first-order valence-electron chi connectivity index (χ1n) is 7.23. The van der Waals surface area contributed by atoms with E-state index in [9.17, 15) is 4.79 Å². The van der Waals surface area contributed by atoms with Crippen LogP contribution in [0.4, 0.5) is 5.69 Å². The molecule has 0 atom stereocenters. The third kappa shape index (κ3) is 2.74. The molecule has 19 heavy (non-hydrogen) atoms. The van der Waals surface area contributed by atoms with Crippen molar-refractivity contribution in [1.29, 1.82) is 0 Å². The van der Waals surface area contributed by atoms with E-state index in [1.165, 1.54) is 19.3 Å². The fraction of sp³-hybridized carbons (Fsp3) is 0.714. The van der Waals surface area contributed by atoms with Crippen molar-refractivity contribution in [2.75, 3.05) is 12.3 Å². The lowest BCUT2D eigenvalue weighted by Crippen LogP contribution is -2.41. The number of rotatable bonds is 6. The molecule has 0 aromatic carbocycles. The molecule has 0 radical (unpaired) electrons. The summed E-state index contributed by atoms with van der Waals surface area (Å²) in [4.78, 5) is 12.1. The van der Waals surface area contributed by atoms with Gasteiger partial charge in [-0.3, -0.25) is 9.89 Å². The van der Waals surface area contributed by atoms with Crippen LogP contribution in [0.15, 0.2) is 0 Å². The molecule has 5 nitrogen and oxygen atoms in total. The lowest BCUT2D eigenvalue weighted by Gasteiger charge is -2.41. The largest absolute Gasteiger partial charge is 0.395 e. The Morgan fingerprint density at radius 2 is 2.21 bits per heavy atom. The first-order valence-corrected chi connectivity index (χ1v) is 7.23. The predicted molar refractivity (Wildman–Crippen MR) is 75.9 cm³/mol. The molecule has 5 heteroatoms. The van der Waals surface area contributed by atoms with Crippen LogP contribution in [0.5, 0.6) is 0 Å². The molecule has 1 amide bonds. The first-order chi connectivity index (χ1) is 9.12. The Hall–Kier alpha value is -1.52. The maximum Gasteiger partial charge on any atom is 0.273 e. The number of hydrogen-bond donors (Lipinski definition) is 3. The molecule has 4 N–H and O–H groups in total. The van der Waals surface area contributed by atoms with E-state index in [1.807, 2.05) is 0 Å². The summed E-state index contributed by atoms with van der Waals surface area (Å²) < 4.78 is 0. The van der Waals surface area contributed by atoms with Crippen LogP contribution in [0.1, 0.15) is 62.1 Å². The highest BCUT2D eigenvalue weighted by atomic mass is 16.1. The second kappa shape index (κ2) is 5.63. The summed E-state index contributed by atoms with van der Waals surface area (Å²) in [7, 11) is 0. The molecular weight excluding hydrogens is 240 g/mol. The summed E-state index contributed by atoms with van der Waals surface area (Å²) in [6.07, 6.45) is 6.61. The molecule has 106 valence electrons. The van der Waals surface area contributed by atoms with Crippen LogP contribution < -0.4 is 11.1 Å². The molecular formula is C14H24N4O. The van der Waals surface area contributed by atoms with Crippen molar-refractivity contribution in [2.24, 2.45) is 5.41 Å². The van der Waals surface area contributed by atoms with Crippen molar-refractivity contribution in [2.45, 2.75) is 52.4 Å². The Kier molecular flexibility index (Phi) is 4.12. The molecule has 0 spiro atoms. The highest BCUT2D eigenvalue weighted by molar-refractivity contribution is 5.97. The number of nitrogen functional groups attached to an aromatic ring is 1. The lowest BCUT2D eigenvalue weighted by molar-refractivity contribution is 0.0846. The molecule has 2 rings (SSSR count). The zero-order valence-corrected chi connectivity index (χ0v) is 11.9. The molecule has 1 fully saturated rings. The van der Waals surface area contributed by atoms with Crippen molar-refractivity contribution in [3.63, 3.8) is 0 Å². The second-order valence-electron chi connectivity index (χ2n) is 5.60. The molecule has 1 aromatic heterocycles. The number of aromatic amines is 1. The smallest absolute Gasteiger partial charge is 0.273 e. The maximum atomic E-state index is 12.1. The number of H-pyrrole nitrogens is 1. The molecule has 1 saturated carbocycles. The van der Waals surface area contributed by atoms with Gasteiger partial charge in [0.15, 0.2) is 5.69 Å². The van der Waals surface area contributed by atoms with Crippen molar-refractivity contribution in [1.82, 2.24) is 15.5 Å². The van der Waals surface area contributed by atoms with Crippen molar-refractivity contribution in [3.8, 4) is 0 Å². The van der Waals surface area contributed by atoms with Gasteiger partial charge in [0.05, 0.1) is 11.4 Å². The second-order valence-corrected chi connectivity index (χ2v) is 5.60. The van der Waals surface area contributed by atoms with Crippen molar-refractivity contribution < 1.29 is 4.79 Å². The van der Waals surface area contributed by atoms with E-state index in [2.05, 4.69) is 29.4 Å². The van der Waals surface area contributed by atoms with Gasteiger partial charge >= 0.3 is 0 Å². The quantitative estimate of drug-likeness (QED) is 0.737. The van der Waals surface area contributed by atoms with E-state index in [1.54, 1.807) is 0 Å². The van der Waals surface area contributed by atoms with Gasteiger partial charge in [-0.15, -0.1) is 0 Å². The first kappa shape index (κ1) is 13.9. The Morgan fingerprint density at radius 3 is 2.74 bits per heavy atom. The summed E-state index contributed by atoms with van der Waals surface area (Å²) in [6.45, 7) is 4.99. The Bertz CT molecular complexity index is 443. The average molecular weight is 264 g/mol. The SMILES string of the molecule is CCCc1[nH]nc(C(=O)NCC2(CC)CCC2)c1N. The van der Waals surface area contributed by atoms with Gasteiger partial charge in [-0.05, 0) is 31.1 Å². The number of carbonyl (C=O) groups is 1. The van der Waals surface area contributed by atoms with E-state index < -0.39 is 0 Å². The third-order valence-electron chi connectivity index (χ3n) is 4.39. The van der Waals surface area contributed by atoms with Gasteiger partial charge in [-0.1, -0.05) is 26.7 Å². The lowest BCUT2D eigenvalue weighted by atomic mass is 9.67. The van der Waals surface area contributed by atoms with E-state index in [0.29, 0.717) is 16.8 Å². The van der Waals surface area contributed by atoms with Crippen LogP contribution in [0.2, 0.25) is 0 Å². The van der Waals surface area contributed by atoms with Crippen molar-refractivity contribution >= 4 is 11.6 Å². The van der Waals surface area contributed by atoms with Crippen LogP contribution in [-0.4, -0.2) is 22.6 Å². The maximum absolute atomic E-state index is 12.1. The molecule has 1 aromatic rings. The number of carbonyl (C=O) groups excluding carboxylic acids is 1. The number of hydrogen-bond acceptors (Lipinski definition) is 3. The minimum absolute atomic E-state index is 0.157. The number of amides is 1.